The van der Waals surface area contributed by atoms with Gasteiger partial charge in [0.15, 0.2) is 0 Å². The van der Waals surface area contributed by atoms with E-state index in [2.05, 4.69) is 10.3 Å². The maximum absolute atomic E-state index is 13.7. The molecule has 0 aliphatic carbocycles. The molecule has 1 N–H and O–H groups in total. The van der Waals surface area contributed by atoms with E-state index in [9.17, 15) is 26.3 Å². The van der Waals surface area contributed by atoms with Crippen molar-refractivity contribution < 1.29 is 26.3 Å². The number of halogens is 6. The highest BCUT2D eigenvalue weighted by Crippen LogP contribution is 2.32. The Morgan fingerprint density at radius 2 is 2.05 bits per heavy atom. The predicted octanol–water partition coefficient (Wildman–Crippen LogP) is 3.81. The lowest BCUT2D eigenvalue weighted by atomic mass is 9.87. The van der Waals surface area contributed by atoms with Gasteiger partial charge in [-0.1, -0.05) is 6.92 Å². The van der Waals surface area contributed by atoms with Gasteiger partial charge in [-0.25, -0.2) is 13.2 Å². The smallest absolute Gasteiger partial charge is 0.308 e. The van der Waals surface area contributed by atoms with Crippen molar-refractivity contribution in [3.8, 4) is 0 Å². The Balaban J connectivity index is 1.98. The number of rotatable bonds is 3. The van der Waals surface area contributed by atoms with Gasteiger partial charge in [0.05, 0.1) is 17.8 Å². The molecule has 0 amide bonds. The predicted molar refractivity (Wildman–Crippen MR) is 68.0 cm³/mol. The van der Waals surface area contributed by atoms with Gasteiger partial charge >= 0.3 is 6.18 Å². The summed E-state index contributed by atoms with van der Waals surface area (Å²) in [4.78, 5) is 3.51. The Kier molecular flexibility index (Phi) is 4.70. The molecule has 0 bridgehead atoms. The summed E-state index contributed by atoms with van der Waals surface area (Å²) in [5.74, 6) is -4.08. The van der Waals surface area contributed by atoms with Gasteiger partial charge in [0.2, 0.25) is 0 Å². The van der Waals surface area contributed by atoms with Crippen LogP contribution in [-0.2, 0) is 12.6 Å². The molecule has 22 heavy (non-hydrogen) atoms. The van der Waals surface area contributed by atoms with E-state index in [4.69, 9.17) is 0 Å². The minimum Gasteiger partial charge on any atom is -0.308 e. The molecule has 0 saturated carbocycles. The summed E-state index contributed by atoms with van der Waals surface area (Å²) in [7, 11) is 0. The fourth-order valence-corrected chi connectivity index (χ4v) is 2.65. The van der Waals surface area contributed by atoms with Crippen LogP contribution in [0.3, 0.4) is 0 Å². The van der Waals surface area contributed by atoms with E-state index in [-0.39, 0.29) is 30.5 Å². The van der Waals surface area contributed by atoms with Gasteiger partial charge in [-0.05, 0) is 24.8 Å². The molecule has 0 unspecified atom stereocenters. The maximum Gasteiger partial charge on any atom is 0.417 e. The molecule has 2 nitrogen and oxygen atoms in total. The number of aromatic nitrogens is 1. The number of hydrogen-bond donors (Lipinski definition) is 1. The monoisotopic (exact) mass is 326 g/mol. The van der Waals surface area contributed by atoms with Crippen LogP contribution in [0.2, 0.25) is 0 Å². The van der Waals surface area contributed by atoms with Crippen molar-refractivity contribution in [3.63, 3.8) is 0 Å². The van der Waals surface area contributed by atoms with Gasteiger partial charge in [-0.2, -0.15) is 13.2 Å². The summed E-state index contributed by atoms with van der Waals surface area (Å²) < 4.78 is 77.2. The summed E-state index contributed by atoms with van der Waals surface area (Å²) >= 11 is 0. The largest absolute Gasteiger partial charge is 0.417 e. The average molecular weight is 326 g/mol. The number of piperidine rings is 1. The van der Waals surface area contributed by atoms with Gasteiger partial charge in [-0.15, -0.1) is 0 Å². The third kappa shape index (κ3) is 4.12. The minimum absolute atomic E-state index is 0.0840. The van der Waals surface area contributed by atoms with Crippen molar-refractivity contribution in [2.24, 2.45) is 5.92 Å². The van der Waals surface area contributed by atoms with Gasteiger partial charge < -0.3 is 5.32 Å². The van der Waals surface area contributed by atoms with Crippen molar-refractivity contribution in [2.75, 3.05) is 6.54 Å². The molecule has 124 valence electrons. The summed E-state index contributed by atoms with van der Waals surface area (Å²) in [5.41, 5.74) is -1.23. The third-order valence-corrected chi connectivity index (χ3v) is 3.87. The van der Waals surface area contributed by atoms with Crippen molar-refractivity contribution in [2.45, 2.75) is 44.3 Å². The first-order valence-corrected chi connectivity index (χ1v) is 6.91. The highest BCUT2D eigenvalue weighted by Gasteiger charge is 2.39. The molecule has 1 aromatic rings. The van der Waals surface area contributed by atoms with E-state index in [1.54, 1.807) is 6.92 Å². The van der Waals surface area contributed by atoms with Crippen LogP contribution < -0.4 is 5.32 Å². The van der Waals surface area contributed by atoms with Crippen LogP contribution in [0.4, 0.5) is 26.3 Å². The zero-order valence-corrected chi connectivity index (χ0v) is 11.9. The molecule has 8 heteroatoms. The second-order valence-corrected chi connectivity index (χ2v) is 5.71. The summed E-state index contributed by atoms with van der Waals surface area (Å²) in [6, 6.07) is 0.178. The highest BCUT2D eigenvalue weighted by molar-refractivity contribution is 5.19. The van der Waals surface area contributed by atoms with Gasteiger partial charge in [0.1, 0.15) is 5.82 Å². The first-order chi connectivity index (χ1) is 10.1. The van der Waals surface area contributed by atoms with Crippen LogP contribution in [0, 0.1) is 11.7 Å². The zero-order chi connectivity index (χ0) is 16.5. The fourth-order valence-electron chi connectivity index (χ4n) is 2.65. The van der Waals surface area contributed by atoms with E-state index in [1.165, 1.54) is 0 Å². The quantitative estimate of drug-likeness (QED) is 0.855. The molecular weight excluding hydrogens is 310 g/mol. The van der Waals surface area contributed by atoms with E-state index < -0.39 is 30.0 Å². The Bertz CT molecular complexity index is 529. The van der Waals surface area contributed by atoms with E-state index in [1.807, 2.05) is 0 Å². The SMILES string of the molecule is C[C@@H]1CC(F)(F)CN[C@@H]1CCc1ncc(C(F)(F)F)cc1F. The van der Waals surface area contributed by atoms with Crippen molar-refractivity contribution >= 4 is 0 Å². The van der Waals surface area contributed by atoms with Crippen LogP contribution in [0.15, 0.2) is 12.3 Å². The van der Waals surface area contributed by atoms with E-state index in [0.29, 0.717) is 18.7 Å². The van der Waals surface area contributed by atoms with E-state index >= 15 is 0 Å². The number of nitrogens with zero attached hydrogens (tertiary/aromatic N) is 1. The molecule has 2 atom stereocenters. The number of aryl methyl sites for hydroxylation is 1. The molecule has 1 aliphatic heterocycles. The third-order valence-electron chi connectivity index (χ3n) is 3.87. The van der Waals surface area contributed by atoms with Gasteiger partial charge in [0, 0.05) is 18.7 Å². The molecular formula is C14H16F6N2. The molecule has 2 rings (SSSR count). The second-order valence-electron chi connectivity index (χ2n) is 5.71. The molecule has 1 aromatic heterocycles. The van der Waals surface area contributed by atoms with Crippen molar-refractivity contribution in [1.82, 2.24) is 10.3 Å². The van der Waals surface area contributed by atoms with Crippen molar-refractivity contribution in [1.29, 1.82) is 0 Å². The first kappa shape index (κ1) is 17.1. The number of nitrogens with one attached hydrogen (secondary N) is 1. The minimum atomic E-state index is -4.64. The Hall–Kier alpha value is -1.31. The average Bonchev–Trinajstić information content (AvgIpc) is 2.37. The molecule has 1 saturated heterocycles. The number of hydrogen-bond acceptors (Lipinski definition) is 2. The first-order valence-electron chi connectivity index (χ1n) is 6.91. The Labute approximate surface area is 123 Å². The van der Waals surface area contributed by atoms with Crippen LogP contribution in [0.5, 0.6) is 0 Å². The zero-order valence-electron chi connectivity index (χ0n) is 11.9. The van der Waals surface area contributed by atoms with Crippen LogP contribution in [0.25, 0.3) is 0 Å². The standard InChI is InChI=1S/C14H16F6N2/c1-8-5-13(16,17)7-22-11(8)2-3-12-10(15)4-9(6-21-12)14(18,19)20/h4,6,8,11,22H,2-3,5,7H2,1H3/t8-,11-/m1/s1. The number of pyridine rings is 1. The normalized spacial score (nSPS) is 25.2. The molecule has 0 radical (unpaired) electrons. The summed E-state index contributed by atoms with van der Waals surface area (Å²) in [5, 5.41) is 2.70. The molecule has 1 fully saturated rings. The van der Waals surface area contributed by atoms with Gasteiger partial charge in [-0.3, -0.25) is 4.98 Å². The lowest BCUT2D eigenvalue weighted by Crippen LogP contribution is -2.50. The molecule has 0 aromatic carbocycles. The molecule has 2 heterocycles. The Morgan fingerprint density at radius 1 is 1.36 bits per heavy atom. The van der Waals surface area contributed by atoms with E-state index in [0.717, 1.165) is 0 Å². The summed E-state index contributed by atoms with van der Waals surface area (Å²) in [6.07, 6.45) is -3.88. The highest BCUT2D eigenvalue weighted by atomic mass is 19.4. The molecule has 1 aliphatic rings. The van der Waals surface area contributed by atoms with Crippen LogP contribution in [0.1, 0.15) is 31.0 Å². The van der Waals surface area contributed by atoms with Gasteiger partial charge in [0.25, 0.3) is 5.92 Å². The van der Waals surface area contributed by atoms with Crippen LogP contribution in [-0.4, -0.2) is 23.5 Å². The Morgan fingerprint density at radius 3 is 2.59 bits per heavy atom. The maximum atomic E-state index is 13.7. The summed E-state index contributed by atoms with van der Waals surface area (Å²) in [6.45, 7) is 1.23. The topological polar surface area (TPSA) is 24.9 Å². The molecule has 0 spiro atoms. The van der Waals surface area contributed by atoms with Crippen molar-refractivity contribution in [3.05, 3.63) is 29.3 Å². The lowest BCUT2D eigenvalue weighted by molar-refractivity contribution is -0.138. The number of alkyl halides is 5. The van der Waals surface area contributed by atoms with Crippen LogP contribution >= 0.6 is 0 Å². The lowest BCUT2D eigenvalue weighted by Gasteiger charge is -2.35. The second kappa shape index (κ2) is 6.06. The fraction of sp³-hybridized carbons (Fsp3) is 0.643.